The molecule has 0 saturated carbocycles. The molecule has 3 aromatic rings. The Hall–Kier alpha value is -3.55. The first-order valence-electron chi connectivity index (χ1n) is 10.9. The minimum Gasteiger partial charge on any atom is -0.352 e. The maximum atomic E-state index is 12.9. The predicted octanol–water partition coefficient (Wildman–Crippen LogP) is 4.56. The maximum Gasteiger partial charge on any atom is 0.270 e. The molecule has 7 nitrogen and oxygen atoms in total. The van der Waals surface area contributed by atoms with Crippen LogP contribution in [0.1, 0.15) is 54.0 Å². The molecule has 0 atom stereocenters. The molecule has 1 aromatic heterocycles. The van der Waals surface area contributed by atoms with E-state index in [0.717, 1.165) is 30.4 Å². The summed E-state index contributed by atoms with van der Waals surface area (Å²) in [6, 6.07) is 16.7. The first kappa shape index (κ1) is 24.1. The van der Waals surface area contributed by atoms with Crippen LogP contribution >= 0.6 is 0 Å². The lowest BCUT2D eigenvalue weighted by Gasteiger charge is -2.17. The van der Waals surface area contributed by atoms with Crippen molar-refractivity contribution in [3.63, 3.8) is 0 Å². The Labute approximate surface area is 193 Å². The highest BCUT2D eigenvalue weighted by Gasteiger charge is 2.18. The number of methoxy groups -OCH3 is 2. The van der Waals surface area contributed by atoms with E-state index in [1.54, 1.807) is 30.5 Å². The van der Waals surface area contributed by atoms with Gasteiger partial charge in [0.2, 0.25) is 0 Å². The van der Waals surface area contributed by atoms with E-state index in [9.17, 15) is 9.59 Å². The highest BCUT2D eigenvalue weighted by atomic mass is 16.7. The summed E-state index contributed by atoms with van der Waals surface area (Å²) < 4.78 is 10.7. The lowest BCUT2D eigenvalue weighted by Crippen LogP contribution is -2.41. The lowest BCUT2D eigenvalue weighted by molar-refractivity contribution is -0.117. The van der Waals surface area contributed by atoms with Crippen LogP contribution in [0.25, 0.3) is 16.5 Å². The fraction of sp³-hybridized carbons (Fsp3) is 0.269. The topological polar surface area (TPSA) is 89.6 Å². The Morgan fingerprint density at radius 3 is 2.45 bits per heavy atom. The summed E-state index contributed by atoms with van der Waals surface area (Å²) in [5.41, 5.74) is 8.61. The van der Waals surface area contributed by atoms with E-state index < -0.39 is 18.1 Å². The zero-order valence-electron chi connectivity index (χ0n) is 19.1. The quantitative estimate of drug-likeness (QED) is 0.285. The van der Waals surface area contributed by atoms with Crippen LogP contribution in [-0.4, -0.2) is 31.0 Å². The van der Waals surface area contributed by atoms with Gasteiger partial charge in [-0.25, -0.2) is 0 Å². The van der Waals surface area contributed by atoms with Gasteiger partial charge in [0.15, 0.2) is 6.29 Å². The van der Waals surface area contributed by atoms with Crippen LogP contribution in [0.2, 0.25) is 0 Å². The molecular formula is C26H29N3O4. The molecule has 0 saturated heterocycles. The molecule has 1 heterocycles. The van der Waals surface area contributed by atoms with Crippen molar-refractivity contribution in [1.29, 1.82) is 0 Å². The van der Waals surface area contributed by atoms with E-state index in [0.29, 0.717) is 22.0 Å². The summed E-state index contributed by atoms with van der Waals surface area (Å²) in [7, 11) is 3.08. The first-order valence-corrected chi connectivity index (χ1v) is 10.9. The summed E-state index contributed by atoms with van der Waals surface area (Å²) in [5.74, 6) is -0.835. The number of carbonyl (C=O) groups excluding carboxylic acids is 2. The largest absolute Gasteiger partial charge is 0.352 e. The molecule has 3 rings (SSSR count). The lowest BCUT2D eigenvalue weighted by atomic mass is 10.00. The van der Waals surface area contributed by atoms with E-state index in [-0.39, 0.29) is 0 Å². The number of allylic oxidation sites excluding steroid dienone is 1. The summed E-state index contributed by atoms with van der Waals surface area (Å²) in [4.78, 5) is 29.8. The van der Waals surface area contributed by atoms with E-state index in [1.807, 2.05) is 30.3 Å². The first-order chi connectivity index (χ1) is 16.1. The van der Waals surface area contributed by atoms with Crippen LogP contribution in [-0.2, 0) is 14.3 Å². The van der Waals surface area contributed by atoms with Gasteiger partial charge in [0.1, 0.15) is 0 Å². The number of carbonyl (C=O) groups is 2. The number of unbranched alkanes of at least 4 members (excludes halogenated alkanes) is 1. The molecule has 0 aliphatic carbocycles. The third-order valence-electron chi connectivity index (χ3n) is 5.28. The second-order valence-corrected chi connectivity index (χ2v) is 7.49. The molecule has 7 heteroatoms. The average molecular weight is 448 g/mol. The number of hydrogen-bond acceptors (Lipinski definition) is 5. The number of ether oxygens (including phenoxy) is 2. The molecule has 2 aromatic carbocycles. The Balaban J connectivity index is 1.78. The highest BCUT2D eigenvalue weighted by molar-refractivity contribution is 6.07. The third-order valence-corrected chi connectivity index (χ3v) is 5.28. The smallest absolute Gasteiger partial charge is 0.270 e. The van der Waals surface area contributed by atoms with Crippen molar-refractivity contribution >= 4 is 28.3 Å². The number of aromatic nitrogens is 1. The van der Waals surface area contributed by atoms with Crippen molar-refractivity contribution in [2.24, 2.45) is 0 Å². The van der Waals surface area contributed by atoms with Gasteiger partial charge >= 0.3 is 0 Å². The zero-order chi connectivity index (χ0) is 23.6. The van der Waals surface area contributed by atoms with E-state index in [2.05, 4.69) is 22.8 Å². The zero-order valence-corrected chi connectivity index (χ0v) is 19.1. The third kappa shape index (κ3) is 6.03. The molecule has 0 spiro atoms. The molecule has 0 bridgehead atoms. The normalized spacial score (nSPS) is 11.6. The van der Waals surface area contributed by atoms with Gasteiger partial charge in [-0.05, 0) is 36.1 Å². The van der Waals surface area contributed by atoms with Gasteiger partial charge in [-0.2, -0.15) is 0 Å². The molecule has 0 aliphatic heterocycles. The number of hydrogen-bond donors (Lipinski definition) is 2. The molecule has 172 valence electrons. The highest BCUT2D eigenvalue weighted by Crippen LogP contribution is 2.27. The number of amides is 2. The Bertz CT molecular complexity index is 1120. The predicted molar refractivity (Wildman–Crippen MR) is 128 cm³/mol. The van der Waals surface area contributed by atoms with E-state index in [4.69, 9.17) is 9.47 Å². The number of rotatable bonds is 9. The van der Waals surface area contributed by atoms with Crippen molar-refractivity contribution in [2.75, 3.05) is 14.2 Å². The monoisotopic (exact) mass is 447 g/mol. The van der Waals surface area contributed by atoms with Gasteiger partial charge in [-0.1, -0.05) is 55.8 Å². The SMILES string of the molecule is CCCC/C(=C\C(=O)NNC(=O)c1ccc(C(OC)OC)c2ncccc12)c1ccccc1. The van der Waals surface area contributed by atoms with Gasteiger partial charge in [-0.15, -0.1) is 0 Å². The van der Waals surface area contributed by atoms with Crippen molar-refractivity contribution in [1.82, 2.24) is 15.8 Å². The summed E-state index contributed by atoms with van der Waals surface area (Å²) in [5, 5.41) is 0.629. The van der Waals surface area contributed by atoms with Crippen molar-refractivity contribution < 1.29 is 19.1 Å². The van der Waals surface area contributed by atoms with Crippen LogP contribution in [0.5, 0.6) is 0 Å². The second-order valence-electron chi connectivity index (χ2n) is 7.49. The second kappa shape index (κ2) is 11.9. The Kier molecular flexibility index (Phi) is 8.69. The van der Waals surface area contributed by atoms with Gasteiger partial charge in [0.05, 0.1) is 11.1 Å². The molecule has 0 fully saturated rings. The van der Waals surface area contributed by atoms with Gasteiger partial charge in [-0.3, -0.25) is 25.4 Å². The number of benzene rings is 2. The minimum atomic E-state index is -0.608. The fourth-order valence-electron chi connectivity index (χ4n) is 3.63. The van der Waals surface area contributed by atoms with Crippen LogP contribution in [0.3, 0.4) is 0 Å². The van der Waals surface area contributed by atoms with Crippen LogP contribution in [0.15, 0.2) is 66.9 Å². The Morgan fingerprint density at radius 1 is 1.00 bits per heavy atom. The van der Waals surface area contributed by atoms with Crippen molar-refractivity contribution in [3.8, 4) is 0 Å². The number of nitrogens with one attached hydrogen (secondary N) is 2. The van der Waals surface area contributed by atoms with Gasteiger partial charge in [0, 0.05) is 37.4 Å². The van der Waals surface area contributed by atoms with E-state index in [1.165, 1.54) is 20.3 Å². The number of hydrazine groups is 1. The maximum absolute atomic E-state index is 12.9. The van der Waals surface area contributed by atoms with E-state index >= 15 is 0 Å². The Morgan fingerprint density at radius 2 is 1.76 bits per heavy atom. The summed E-state index contributed by atoms with van der Waals surface area (Å²) >= 11 is 0. The van der Waals surface area contributed by atoms with Crippen LogP contribution < -0.4 is 10.9 Å². The molecular weight excluding hydrogens is 418 g/mol. The molecule has 0 radical (unpaired) electrons. The number of pyridine rings is 1. The molecule has 33 heavy (non-hydrogen) atoms. The fourth-order valence-corrected chi connectivity index (χ4v) is 3.63. The van der Waals surface area contributed by atoms with Crippen LogP contribution in [0.4, 0.5) is 0 Å². The minimum absolute atomic E-state index is 0.381. The van der Waals surface area contributed by atoms with Gasteiger partial charge in [0.25, 0.3) is 11.8 Å². The summed E-state index contributed by atoms with van der Waals surface area (Å²) in [6.45, 7) is 2.11. The number of fused-ring (bicyclic) bond motifs is 1. The standard InChI is InChI=1S/C26H29N3O4/c1-4-5-10-19(18-11-7-6-8-12-18)17-23(30)28-29-25(31)21-14-15-22(26(32-2)33-3)24-20(21)13-9-16-27-24/h6-9,11-17,26H,4-5,10H2,1-3H3,(H,28,30)(H,29,31)/b19-17+. The molecule has 0 unspecified atom stereocenters. The molecule has 0 aliphatic rings. The van der Waals surface area contributed by atoms with Crippen molar-refractivity contribution in [3.05, 3.63) is 83.6 Å². The van der Waals surface area contributed by atoms with Crippen molar-refractivity contribution in [2.45, 2.75) is 32.5 Å². The van der Waals surface area contributed by atoms with Crippen LogP contribution in [0, 0.1) is 0 Å². The average Bonchev–Trinajstić information content (AvgIpc) is 2.86. The summed E-state index contributed by atoms with van der Waals surface area (Å²) in [6.07, 6.45) is 5.34. The number of nitrogens with zero attached hydrogens (tertiary/aromatic N) is 1. The molecule has 2 N–H and O–H groups in total. The molecule has 2 amide bonds. The van der Waals surface area contributed by atoms with Gasteiger partial charge < -0.3 is 9.47 Å².